The number of carbonyl (C=O) groups is 2. The molecule has 1 aliphatic rings. The number of hydrogen-bond donors (Lipinski definition) is 0. The van der Waals surface area contributed by atoms with E-state index in [0.717, 1.165) is 10.4 Å². The van der Waals surface area contributed by atoms with Gasteiger partial charge in [0.25, 0.3) is 0 Å². The van der Waals surface area contributed by atoms with Crippen molar-refractivity contribution in [3.63, 3.8) is 0 Å². The molecule has 2 heterocycles. The Balaban J connectivity index is 1.60. The summed E-state index contributed by atoms with van der Waals surface area (Å²) in [6, 6.07) is 14.2. The van der Waals surface area contributed by atoms with E-state index in [1.54, 1.807) is 37.3 Å². The molecule has 0 atom stereocenters. The van der Waals surface area contributed by atoms with Crippen LogP contribution >= 0.6 is 11.3 Å². The lowest BCUT2D eigenvalue weighted by Crippen LogP contribution is -2.08. The Morgan fingerprint density at radius 2 is 1.89 bits per heavy atom. The van der Waals surface area contributed by atoms with E-state index in [-0.39, 0.29) is 11.5 Å². The molecule has 0 radical (unpaired) electrons. The first-order chi connectivity index (χ1) is 13.0. The van der Waals surface area contributed by atoms with Crippen molar-refractivity contribution in [2.75, 3.05) is 0 Å². The van der Waals surface area contributed by atoms with E-state index in [0.29, 0.717) is 28.2 Å². The van der Waals surface area contributed by atoms with E-state index < -0.39 is 5.97 Å². The monoisotopic (exact) mass is 376 g/mol. The van der Waals surface area contributed by atoms with Crippen LogP contribution in [0.25, 0.3) is 6.08 Å². The molecule has 27 heavy (non-hydrogen) atoms. The van der Waals surface area contributed by atoms with Crippen LogP contribution in [0.4, 0.5) is 0 Å². The van der Waals surface area contributed by atoms with Crippen molar-refractivity contribution < 1.29 is 19.1 Å². The van der Waals surface area contributed by atoms with Gasteiger partial charge < -0.3 is 9.47 Å². The average Bonchev–Trinajstić information content (AvgIpc) is 3.24. The van der Waals surface area contributed by atoms with E-state index in [2.05, 4.69) is 0 Å². The summed E-state index contributed by atoms with van der Waals surface area (Å²) < 4.78 is 11.2. The molecule has 0 aliphatic carbocycles. The van der Waals surface area contributed by atoms with Gasteiger partial charge in [0.2, 0.25) is 5.78 Å². The molecule has 0 fully saturated rings. The van der Waals surface area contributed by atoms with Gasteiger partial charge in [0.05, 0.1) is 11.1 Å². The van der Waals surface area contributed by atoms with Gasteiger partial charge in [-0.1, -0.05) is 23.8 Å². The lowest BCUT2D eigenvalue weighted by atomic mass is 10.0. The number of Topliss-reactive ketones (excluding diaryl/α,β-unsaturated/α-hetero) is 1. The largest absolute Gasteiger partial charge is 0.452 e. The fourth-order valence-electron chi connectivity index (χ4n) is 2.89. The number of fused-ring (bicyclic) bond motifs is 1. The van der Waals surface area contributed by atoms with Gasteiger partial charge in [-0.05, 0) is 49.1 Å². The van der Waals surface area contributed by atoms with E-state index in [1.165, 1.54) is 11.3 Å². The van der Waals surface area contributed by atoms with Crippen molar-refractivity contribution in [1.29, 1.82) is 0 Å². The second kappa shape index (κ2) is 6.85. The third-order valence-electron chi connectivity index (χ3n) is 4.26. The molecule has 1 aliphatic heterocycles. The van der Waals surface area contributed by atoms with E-state index in [4.69, 9.17) is 9.47 Å². The Kier molecular flexibility index (Phi) is 4.38. The lowest BCUT2D eigenvalue weighted by Gasteiger charge is -2.08. The maximum atomic E-state index is 12.6. The van der Waals surface area contributed by atoms with Crippen molar-refractivity contribution in [2.45, 2.75) is 13.8 Å². The number of carbonyl (C=O) groups excluding carboxylic acids is 2. The van der Waals surface area contributed by atoms with Crippen molar-refractivity contribution in [3.8, 4) is 11.5 Å². The lowest BCUT2D eigenvalue weighted by molar-refractivity contribution is 0.0734. The second-order valence-corrected chi connectivity index (χ2v) is 7.30. The third kappa shape index (κ3) is 3.41. The molecule has 0 N–H and O–H groups in total. The van der Waals surface area contributed by atoms with Crippen molar-refractivity contribution >= 4 is 29.2 Å². The molecule has 134 valence electrons. The standard InChI is InChI=1S/C22H16O4S/c1-13-5-7-15(8-6-13)22(24)25-16-10-14(2)20-18(11-16)26-19(21(20)23)12-17-4-3-9-27-17/h3-12H,1-2H3/b19-12-. The first-order valence-corrected chi connectivity index (χ1v) is 9.30. The Labute approximate surface area is 160 Å². The topological polar surface area (TPSA) is 52.6 Å². The summed E-state index contributed by atoms with van der Waals surface area (Å²) in [5.74, 6) is 0.425. The van der Waals surface area contributed by atoms with E-state index in [1.807, 2.05) is 36.6 Å². The van der Waals surface area contributed by atoms with Gasteiger partial charge in [0, 0.05) is 17.0 Å². The SMILES string of the molecule is Cc1ccc(C(=O)Oc2cc(C)c3c(c2)O/C(=C\c2cccs2)C3=O)cc1. The van der Waals surface area contributed by atoms with Gasteiger partial charge in [0.1, 0.15) is 11.5 Å². The molecule has 0 amide bonds. The Hall–Kier alpha value is -3.18. The zero-order valence-corrected chi connectivity index (χ0v) is 15.6. The van der Waals surface area contributed by atoms with Crippen LogP contribution in [0.1, 0.15) is 36.7 Å². The summed E-state index contributed by atoms with van der Waals surface area (Å²) in [5, 5.41) is 1.94. The number of esters is 1. The predicted molar refractivity (Wildman–Crippen MR) is 105 cm³/mol. The van der Waals surface area contributed by atoms with Crippen LogP contribution in [0.15, 0.2) is 59.7 Å². The second-order valence-electron chi connectivity index (χ2n) is 6.32. The zero-order valence-electron chi connectivity index (χ0n) is 14.8. The molecule has 0 saturated carbocycles. The molecule has 2 aromatic carbocycles. The van der Waals surface area contributed by atoms with Crippen LogP contribution < -0.4 is 9.47 Å². The summed E-state index contributed by atoms with van der Waals surface area (Å²) in [6.45, 7) is 3.76. The van der Waals surface area contributed by atoms with Crippen LogP contribution in [0.5, 0.6) is 11.5 Å². The Morgan fingerprint density at radius 3 is 2.59 bits per heavy atom. The summed E-state index contributed by atoms with van der Waals surface area (Å²) >= 11 is 1.53. The van der Waals surface area contributed by atoms with Gasteiger partial charge in [-0.15, -0.1) is 11.3 Å². The molecule has 0 bridgehead atoms. The molecular weight excluding hydrogens is 360 g/mol. The van der Waals surface area contributed by atoms with Crippen LogP contribution in [0.2, 0.25) is 0 Å². The number of ketones is 1. The van der Waals surface area contributed by atoms with Crippen molar-refractivity contribution in [2.24, 2.45) is 0 Å². The molecular formula is C22H16O4S. The van der Waals surface area contributed by atoms with Crippen molar-refractivity contribution in [1.82, 2.24) is 0 Å². The van der Waals surface area contributed by atoms with Crippen LogP contribution in [0.3, 0.4) is 0 Å². The maximum absolute atomic E-state index is 12.6. The van der Waals surface area contributed by atoms with Crippen LogP contribution in [-0.2, 0) is 0 Å². The molecule has 0 saturated heterocycles. The molecule has 4 nitrogen and oxygen atoms in total. The maximum Gasteiger partial charge on any atom is 0.343 e. The normalized spacial score (nSPS) is 14.1. The van der Waals surface area contributed by atoms with E-state index in [9.17, 15) is 9.59 Å². The highest BCUT2D eigenvalue weighted by Gasteiger charge is 2.30. The predicted octanol–water partition coefficient (Wildman–Crippen LogP) is 5.20. The molecule has 1 aromatic heterocycles. The van der Waals surface area contributed by atoms with Gasteiger partial charge in [0.15, 0.2) is 5.76 Å². The van der Waals surface area contributed by atoms with Gasteiger partial charge in [-0.2, -0.15) is 0 Å². The fraction of sp³-hybridized carbons (Fsp3) is 0.0909. The number of thiophene rings is 1. The zero-order chi connectivity index (χ0) is 19.0. The third-order valence-corrected chi connectivity index (χ3v) is 5.08. The van der Waals surface area contributed by atoms with Crippen LogP contribution in [0, 0.1) is 13.8 Å². The highest BCUT2D eigenvalue weighted by molar-refractivity contribution is 7.10. The number of benzene rings is 2. The van der Waals surface area contributed by atoms with Crippen LogP contribution in [-0.4, -0.2) is 11.8 Å². The summed E-state index contributed by atoms with van der Waals surface area (Å²) in [6.07, 6.45) is 1.73. The van der Waals surface area contributed by atoms with Gasteiger partial charge in [-0.25, -0.2) is 4.79 Å². The summed E-state index contributed by atoms with van der Waals surface area (Å²) in [5.41, 5.74) is 2.75. The number of rotatable bonds is 3. The molecule has 0 unspecified atom stereocenters. The highest BCUT2D eigenvalue weighted by Crippen LogP contribution is 2.38. The first-order valence-electron chi connectivity index (χ1n) is 8.42. The minimum Gasteiger partial charge on any atom is -0.452 e. The highest BCUT2D eigenvalue weighted by atomic mass is 32.1. The quantitative estimate of drug-likeness (QED) is 0.358. The number of aryl methyl sites for hydroxylation is 2. The number of hydrogen-bond acceptors (Lipinski definition) is 5. The van der Waals surface area contributed by atoms with Gasteiger partial charge in [-0.3, -0.25) is 4.79 Å². The first kappa shape index (κ1) is 17.2. The minimum atomic E-state index is -0.451. The smallest absolute Gasteiger partial charge is 0.343 e. The van der Waals surface area contributed by atoms with Crippen molar-refractivity contribution in [3.05, 3.63) is 86.8 Å². The number of allylic oxidation sites excluding steroid dienone is 1. The van der Waals surface area contributed by atoms with E-state index >= 15 is 0 Å². The number of ether oxygens (including phenoxy) is 2. The summed E-state index contributed by atoms with van der Waals surface area (Å²) in [4.78, 5) is 25.9. The molecule has 3 aromatic rings. The Bertz CT molecular complexity index is 1060. The minimum absolute atomic E-state index is 0.160. The molecule has 4 rings (SSSR count). The summed E-state index contributed by atoms with van der Waals surface area (Å²) in [7, 11) is 0. The average molecular weight is 376 g/mol. The fourth-order valence-corrected chi connectivity index (χ4v) is 3.54. The Morgan fingerprint density at radius 1 is 1.11 bits per heavy atom. The molecule has 0 spiro atoms. The van der Waals surface area contributed by atoms with Gasteiger partial charge >= 0.3 is 5.97 Å². The molecule has 5 heteroatoms.